The molecule has 0 saturated carbocycles. The van der Waals surface area contributed by atoms with Crippen LogP contribution in [0.3, 0.4) is 0 Å². The molecule has 76 valence electrons. The molecule has 0 amide bonds. The van der Waals surface area contributed by atoms with Crippen molar-refractivity contribution in [1.29, 1.82) is 0 Å². The number of ether oxygens (including phenoxy) is 2. The molecule has 3 nitrogen and oxygen atoms in total. The fraction of sp³-hybridized carbons (Fsp3) is 1.00. The minimum absolute atomic E-state index is 0.0497. The standard InChI is InChI=1S/C10H19NO2/c11-10(5-7-12-8-10)4-3-9-2-1-6-13-9/h9H,1-8,11H2. The van der Waals surface area contributed by atoms with Crippen LogP contribution in [0, 0.1) is 0 Å². The lowest BCUT2D eigenvalue weighted by atomic mass is 9.92. The Labute approximate surface area is 79.6 Å². The molecule has 2 rings (SSSR count). The fourth-order valence-corrected chi connectivity index (χ4v) is 2.14. The Hall–Kier alpha value is -0.120. The van der Waals surface area contributed by atoms with E-state index in [1.165, 1.54) is 12.8 Å². The molecule has 2 unspecified atom stereocenters. The first-order valence-electron chi connectivity index (χ1n) is 5.27. The van der Waals surface area contributed by atoms with Gasteiger partial charge in [-0.2, -0.15) is 0 Å². The summed E-state index contributed by atoms with van der Waals surface area (Å²) in [4.78, 5) is 0. The van der Waals surface area contributed by atoms with Crippen LogP contribution in [0.4, 0.5) is 0 Å². The van der Waals surface area contributed by atoms with E-state index in [0.29, 0.717) is 6.10 Å². The molecule has 0 aliphatic carbocycles. The maximum Gasteiger partial charge on any atom is 0.0647 e. The van der Waals surface area contributed by atoms with Crippen LogP contribution in [-0.2, 0) is 9.47 Å². The first-order valence-corrected chi connectivity index (χ1v) is 5.27. The third kappa shape index (κ3) is 2.42. The van der Waals surface area contributed by atoms with Crippen LogP contribution in [0.5, 0.6) is 0 Å². The molecule has 0 radical (unpaired) electrons. The number of rotatable bonds is 3. The topological polar surface area (TPSA) is 44.5 Å². The Morgan fingerprint density at radius 2 is 2.31 bits per heavy atom. The van der Waals surface area contributed by atoms with Crippen molar-refractivity contribution in [1.82, 2.24) is 0 Å². The van der Waals surface area contributed by atoms with Gasteiger partial charge in [0.15, 0.2) is 0 Å². The van der Waals surface area contributed by atoms with Crippen LogP contribution in [0.15, 0.2) is 0 Å². The molecule has 2 atom stereocenters. The second-order valence-corrected chi connectivity index (χ2v) is 4.34. The fourth-order valence-electron chi connectivity index (χ4n) is 2.14. The van der Waals surface area contributed by atoms with E-state index in [1.54, 1.807) is 0 Å². The van der Waals surface area contributed by atoms with E-state index in [9.17, 15) is 0 Å². The number of hydrogen-bond donors (Lipinski definition) is 1. The van der Waals surface area contributed by atoms with Gasteiger partial charge in [0.2, 0.25) is 0 Å². The van der Waals surface area contributed by atoms with E-state index in [2.05, 4.69) is 0 Å². The van der Waals surface area contributed by atoms with Crippen molar-refractivity contribution in [3.05, 3.63) is 0 Å². The van der Waals surface area contributed by atoms with E-state index in [4.69, 9.17) is 15.2 Å². The summed E-state index contributed by atoms with van der Waals surface area (Å²) in [5.74, 6) is 0. The van der Waals surface area contributed by atoms with Crippen molar-refractivity contribution in [3.8, 4) is 0 Å². The van der Waals surface area contributed by atoms with Gasteiger partial charge in [-0.15, -0.1) is 0 Å². The molecule has 2 heterocycles. The Morgan fingerprint density at radius 1 is 1.38 bits per heavy atom. The molecule has 2 fully saturated rings. The van der Waals surface area contributed by atoms with Crippen molar-refractivity contribution in [3.63, 3.8) is 0 Å². The Bertz CT molecular complexity index is 160. The van der Waals surface area contributed by atoms with Crippen molar-refractivity contribution >= 4 is 0 Å². The third-order valence-corrected chi connectivity index (χ3v) is 3.12. The van der Waals surface area contributed by atoms with Crippen LogP contribution < -0.4 is 5.73 Å². The lowest BCUT2D eigenvalue weighted by molar-refractivity contribution is 0.0935. The Kier molecular flexibility index (Phi) is 2.86. The van der Waals surface area contributed by atoms with E-state index in [-0.39, 0.29) is 5.54 Å². The zero-order valence-corrected chi connectivity index (χ0v) is 8.13. The smallest absolute Gasteiger partial charge is 0.0647 e. The van der Waals surface area contributed by atoms with Gasteiger partial charge in [0.25, 0.3) is 0 Å². The lowest BCUT2D eigenvalue weighted by Crippen LogP contribution is -2.40. The molecule has 2 aliphatic heterocycles. The summed E-state index contributed by atoms with van der Waals surface area (Å²) in [6.07, 6.45) is 6.09. The van der Waals surface area contributed by atoms with Crippen LogP contribution >= 0.6 is 0 Å². The number of nitrogens with two attached hydrogens (primary N) is 1. The molecule has 13 heavy (non-hydrogen) atoms. The van der Waals surface area contributed by atoms with E-state index in [1.807, 2.05) is 0 Å². The molecule has 0 aromatic rings. The van der Waals surface area contributed by atoms with Gasteiger partial charge in [-0.25, -0.2) is 0 Å². The molecule has 0 aromatic carbocycles. The zero-order chi connectivity index (χ0) is 9.15. The normalized spacial score (nSPS) is 39.9. The first-order chi connectivity index (χ1) is 6.29. The summed E-state index contributed by atoms with van der Waals surface area (Å²) in [5, 5.41) is 0. The van der Waals surface area contributed by atoms with E-state index in [0.717, 1.165) is 39.1 Å². The van der Waals surface area contributed by atoms with Gasteiger partial charge in [0.05, 0.1) is 12.7 Å². The lowest BCUT2D eigenvalue weighted by Gasteiger charge is -2.23. The molecule has 0 bridgehead atoms. The molecule has 2 saturated heterocycles. The molecule has 2 aliphatic rings. The van der Waals surface area contributed by atoms with Crippen molar-refractivity contribution in [2.45, 2.75) is 43.7 Å². The summed E-state index contributed by atoms with van der Waals surface area (Å²) in [5.41, 5.74) is 6.11. The zero-order valence-electron chi connectivity index (χ0n) is 8.13. The van der Waals surface area contributed by atoms with Gasteiger partial charge in [0, 0.05) is 18.8 Å². The highest BCUT2D eigenvalue weighted by Crippen LogP contribution is 2.25. The third-order valence-electron chi connectivity index (χ3n) is 3.12. The highest BCUT2D eigenvalue weighted by Gasteiger charge is 2.31. The second kappa shape index (κ2) is 3.95. The quantitative estimate of drug-likeness (QED) is 0.715. The summed E-state index contributed by atoms with van der Waals surface area (Å²) < 4.78 is 10.9. The van der Waals surface area contributed by atoms with Gasteiger partial charge in [-0.3, -0.25) is 0 Å². The van der Waals surface area contributed by atoms with E-state index >= 15 is 0 Å². The molecule has 0 aromatic heterocycles. The maximum absolute atomic E-state index is 6.16. The Morgan fingerprint density at radius 3 is 2.92 bits per heavy atom. The molecule has 3 heteroatoms. The van der Waals surface area contributed by atoms with Crippen LogP contribution in [0.2, 0.25) is 0 Å². The average molecular weight is 185 g/mol. The molecule has 0 spiro atoms. The first kappa shape index (κ1) is 9.44. The predicted octanol–water partition coefficient (Wildman–Crippen LogP) is 1.06. The highest BCUT2D eigenvalue weighted by atomic mass is 16.5. The van der Waals surface area contributed by atoms with Crippen LogP contribution in [0.25, 0.3) is 0 Å². The van der Waals surface area contributed by atoms with Gasteiger partial charge in [0.1, 0.15) is 0 Å². The summed E-state index contributed by atoms with van der Waals surface area (Å²) >= 11 is 0. The molecular formula is C10H19NO2. The Balaban J connectivity index is 1.71. The number of hydrogen-bond acceptors (Lipinski definition) is 3. The van der Waals surface area contributed by atoms with Crippen molar-refractivity contribution < 1.29 is 9.47 Å². The van der Waals surface area contributed by atoms with Gasteiger partial charge in [-0.1, -0.05) is 0 Å². The molecular weight excluding hydrogens is 166 g/mol. The summed E-state index contributed by atoms with van der Waals surface area (Å²) in [6.45, 7) is 2.51. The van der Waals surface area contributed by atoms with Gasteiger partial charge >= 0.3 is 0 Å². The maximum atomic E-state index is 6.16. The largest absolute Gasteiger partial charge is 0.379 e. The summed E-state index contributed by atoms with van der Waals surface area (Å²) in [6, 6.07) is 0. The summed E-state index contributed by atoms with van der Waals surface area (Å²) in [7, 11) is 0. The van der Waals surface area contributed by atoms with Gasteiger partial charge in [-0.05, 0) is 32.1 Å². The van der Waals surface area contributed by atoms with Crippen LogP contribution in [0.1, 0.15) is 32.1 Å². The monoisotopic (exact) mass is 185 g/mol. The highest BCUT2D eigenvalue weighted by molar-refractivity contribution is 4.88. The van der Waals surface area contributed by atoms with Gasteiger partial charge < -0.3 is 15.2 Å². The SMILES string of the molecule is NC1(CCC2CCCO2)CCOC1. The van der Waals surface area contributed by atoms with Crippen LogP contribution in [-0.4, -0.2) is 31.5 Å². The van der Waals surface area contributed by atoms with Crippen molar-refractivity contribution in [2.24, 2.45) is 5.73 Å². The second-order valence-electron chi connectivity index (χ2n) is 4.34. The van der Waals surface area contributed by atoms with Crippen molar-refractivity contribution in [2.75, 3.05) is 19.8 Å². The molecule has 2 N–H and O–H groups in total. The minimum Gasteiger partial charge on any atom is -0.379 e. The van der Waals surface area contributed by atoms with E-state index < -0.39 is 0 Å². The predicted molar refractivity (Wildman–Crippen MR) is 50.6 cm³/mol. The minimum atomic E-state index is -0.0497. The average Bonchev–Trinajstić information content (AvgIpc) is 2.72.